The van der Waals surface area contributed by atoms with Crippen molar-refractivity contribution in [1.29, 1.82) is 0 Å². The Bertz CT molecular complexity index is 155. The molecule has 0 radical (unpaired) electrons. The molecule has 0 spiro atoms. The Balaban J connectivity index is 2.26. The van der Waals surface area contributed by atoms with Crippen molar-refractivity contribution in [3.63, 3.8) is 0 Å². The molecule has 1 fully saturated rings. The van der Waals surface area contributed by atoms with Gasteiger partial charge in [0, 0.05) is 0 Å². The number of aliphatic hydroxyl groups is 1. The molecular formula is C12H22O. The highest BCUT2D eigenvalue weighted by Gasteiger charge is 2.21. The summed E-state index contributed by atoms with van der Waals surface area (Å²) < 4.78 is 0. The molecule has 1 aliphatic rings. The molecule has 0 unspecified atom stereocenters. The molecule has 0 atom stereocenters. The third-order valence-corrected chi connectivity index (χ3v) is 3.32. The molecule has 13 heavy (non-hydrogen) atoms. The lowest BCUT2D eigenvalue weighted by Gasteiger charge is -2.29. The summed E-state index contributed by atoms with van der Waals surface area (Å²) in [6, 6.07) is 0. The second-order valence-electron chi connectivity index (χ2n) is 4.32. The maximum atomic E-state index is 8.96. The quantitative estimate of drug-likeness (QED) is 0.662. The second-order valence-corrected chi connectivity index (χ2v) is 4.32. The predicted molar refractivity (Wildman–Crippen MR) is 56.6 cm³/mol. The van der Waals surface area contributed by atoms with Crippen molar-refractivity contribution in [3.05, 3.63) is 12.2 Å². The van der Waals surface area contributed by atoms with Gasteiger partial charge in [0.2, 0.25) is 0 Å². The van der Waals surface area contributed by atoms with Gasteiger partial charge >= 0.3 is 0 Å². The predicted octanol–water partition coefficient (Wildman–Crippen LogP) is 3.14. The van der Waals surface area contributed by atoms with Crippen molar-refractivity contribution < 1.29 is 5.11 Å². The van der Waals surface area contributed by atoms with Crippen LogP contribution in [-0.2, 0) is 0 Å². The monoisotopic (exact) mass is 182 g/mol. The van der Waals surface area contributed by atoms with E-state index in [-0.39, 0.29) is 6.61 Å². The first kappa shape index (κ1) is 10.8. The number of hydrogen-bond acceptors (Lipinski definition) is 1. The maximum absolute atomic E-state index is 8.96. The topological polar surface area (TPSA) is 20.2 Å². The minimum absolute atomic E-state index is 0.184. The van der Waals surface area contributed by atoms with Gasteiger partial charge in [-0.2, -0.15) is 0 Å². The zero-order valence-corrected chi connectivity index (χ0v) is 8.76. The van der Waals surface area contributed by atoms with Crippen LogP contribution < -0.4 is 0 Å². The van der Waals surface area contributed by atoms with Crippen molar-refractivity contribution in [2.24, 2.45) is 11.8 Å². The number of hydrogen-bond donors (Lipinski definition) is 1. The molecule has 0 aromatic rings. The van der Waals surface area contributed by atoms with Crippen LogP contribution in [0.25, 0.3) is 0 Å². The first-order chi connectivity index (χ1) is 6.27. The molecule has 0 aliphatic heterocycles. The van der Waals surface area contributed by atoms with E-state index in [0.717, 1.165) is 11.5 Å². The first-order valence-corrected chi connectivity index (χ1v) is 5.56. The highest BCUT2D eigenvalue weighted by Crippen LogP contribution is 2.34. The van der Waals surface area contributed by atoms with Crippen LogP contribution in [0.3, 0.4) is 0 Å². The SMILES string of the molecule is C=C(CO)[C@H]1CC[C@H](CCC)CC1. The fourth-order valence-corrected chi connectivity index (χ4v) is 2.40. The molecule has 0 heterocycles. The second kappa shape index (κ2) is 5.43. The molecule has 0 aromatic carbocycles. The summed E-state index contributed by atoms with van der Waals surface area (Å²) in [7, 11) is 0. The number of rotatable bonds is 4. The van der Waals surface area contributed by atoms with Crippen molar-refractivity contribution in [2.75, 3.05) is 6.61 Å². The molecule has 1 N–H and O–H groups in total. The molecule has 1 nitrogen and oxygen atoms in total. The van der Waals surface area contributed by atoms with Gasteiger partial charge in [-0.25, -0.2) is 0 Å². The molecule has 1 rings (SSSR count). The van der Waals surface area contributed by atoms with Crippen LogP contribution >= 0.6 is 0 Å². The van der Waals surface area contributed by atoms with Crippen molar-refractivity contribution >= 4 is 0 Å². The van der Waals surface area contributed by atoms with Gasteiger partial charge in [0.05, 0.1) is 6.61 Å². The Morgan fingerprint density at radius 1 is 1.31 bits per heavy atom. The van der Waals surface area contributed by atoms with Gasteiger partial charge in [0.1, 0.15) is 0 Å². The first-order valence-electron chi connectivity index (χ1n) is 5.56. The largest absolute Gasteiger partial charge is 0.392 e. The zero-order chi connectivity index (χ0) is 9.68. The summed E-state index contributed by atoms with van der Waals surface area (Å²) in [4.78, 5) is 0. The van der Waals surface area contributed by atoms with Crippen LogP contribution in [0.15, 0.2) is 12.2 Å². The summed E-state index contributed by atoms with van der Waals surface area (Å²) >= 11 is 0. The highest BCUT2D eigenvalue weighted by molar-refractivity contribution is 5.01. The van der Waals surface area contributed by atoms with E-state index in [2.05, 4.69) is 13.5 Å². The van der Waals surface area contributed by atoms with Gasteiger partial charge in [-0.3, -0.25) is 0 Å². The lowest BCUT2D eigenvalue weighted by molar-refractivity contribution is 0.255. The Kier molecular flexibility index (Phi) is 4.51. The summed E-state index contributed by atoms with van der Waals surface area (Å²) in [6.07, 6.45) is 7.90. The van der Waals surface area contributed by atoms with E-state index in [0.29, 0.717) is 5.92 Å². The molecule has 1 heteroatoms. The van der Waals surface area contributed by atoms with E-state index in [9.17, 15) is 0 Å². The van der Waals surface area contributed by atoms with Crippen molar-refractivity contribution in [3.8, 4) is 0 Å². The maximum Gasteiger partial charge on any atom is 0.0641 e. The van der Waals surface area contributed by atoms with Gasteiger partial charge in [-0.15, -0.1) is 0 Å². The van der Waals surface area contributed by atoms with E-state index >= 15 is 0 Å². The van der Waals surface area contributed by atoms with Crippen LogP contribution in [-0.4, -0.2) is 11.7 Å². The third kappa shape index (κ3) is 3.15. The normalized spacial score (nSPS) is 28.8. The Morgan fingerprint density at radius 3 is 2.38 bits per heavy atom. The van der Waals surface area contributed by atoms with Gasteiger partial charge in [0.25, 0.3) is 0 Å². The van der Waals surface area contributed by atoms with E-state index in [1.165, 1.54) is 38.5 Å². The molecule has 0 bridgehead atoms. The molecular weight excluding hydrogens is 160 g/mol. The van der Waals surface area contributed by atoms with Crippen LogP contribution in [0.4, 0.5) is 0 Å². The fourth-order valence-electron chi connectivity index (χ4n) is 2.40. The molecule has 0 amide bonds. The minimum atomic E-state index is 0.184. The Morgan fingerprint density at radius 2 is 1.92 bits per heavy atom. The van der Waals surface area contributed by atoms with Crippen LogP contribution in [0.5, 0.6) is 0 Å². The summed E-state index contributed by atoms with van der Waals surface area (Å²) in [5.74, 6) is 1.56. The summed E-state index contributed by atoms with van der Waals surface area (Å²) in [5, 5.41) is 8.96. The van der Waals surface area contributed by atoms with Gasteiger partial charge in [0.15, 0.2) is 0 Å². The lowest BCUT2D eigenvalue weighted by Crippen LogP contribution is -2.17. The molecule has 1 saturated carbocycles. The molecule has 0 saturated heterocycles. The van der Waals surface area contributed by atoms with Crippen LogP contribution in [0.2, 0.25) is 0 Å². The van der Waals surface area contributed by atoms with Crippen LogP contribution in [0, 0.1) is 11.8 Å². The van der Waals surface area contributed by atoms with Gasteiger partial charge in [-0.1, -0.05) is 26.3 Å². The zero-order valence-electron chi connectivity index (χ0n) is 8.76. The summed E-state index contributed by atoms with van der Waals surface area (Å²) in [6.45, 7) is 6.36. The fraction of sp³-hybridized carbons (Fsp3) is 0.833. The number of aliphatic hydroxyl groups excluding tert-OH is 1. The third-order valence-electron chi connectivity index (χ3n) is 3.32. The Hall–Kier alpha value is -0.300. The minimum Gasteiger partial charge on any atom is -0.392 e. The van der Waals surface area contributed by atoms with Crippen molar-refractivity contribution in [2.45, 2.75) is 45.4 Å². The Labute approximate surface area is 81.9 Å². The van der Waals surface area contributed by atoms with Gasteiger partial charge in [-0.05, 0) is 43.1 Å². The van der Waals surface area contributed by atoms with Crippen LogP contribution in [0.1, 0.15) is 45.4 Å². The van der Waals surface area contributed by atoms with E-state index in [1.807, 2.05) is 0 Å². The smallest absolute Gasteiger partial charge is 0.0641 e. The van der Waals surface area contributed by atoms with E-state index in [4.69, 9.17) is 5.11 Å². The molecule has 0 aromatic heterocycles. The lowest BCUT2D eigenvalue weighted by atomic mass is 9.77. The summed E-state index contributed by atoms with van der Waals surface area (Å²) in [5.41, 5.74) is 1.05. The average Bonchev–Trinajstić information content (AvgIpc) is 2.18. The van der Waals surface area contributed by atoms with E-state index in [1.54, 1.807) is 0 Å². The average molecular weight is 182 g/mol. The standard InChI is InChI=1S/C12H22O/c1-3-4-11-5-7-12(8-6-11)10(2)9-13/h11-13H,2-9H2,1H3/t11-,12-. The van der Waals surface area contributed by atoms with Crippen molar-refractivity contribution in [1.82, 2.24) is 0 Å². The molecule has 1 aliphatic carbocycles. The van der Waals surface area contributed by atoms with Gasteiger partial charge < -0.3 is 5.11 Å². The molecule has 76 valence electrons. The van der Waals surface area contributed by atoms with E-state index < -0.39 is 0 Å². The highest BCUT2D eigenvalue weighted by atomic mass is 16.3.